The number of nitrogens with two attached hydrogens (primary N) is 1. The quantitative estimate of drug-likeness (QED) is 0.826. The molecule has 0 aliphatic carbocycles. The fourth-order valence-corrected chi connectivity index (χ4v) is 2.77. The van der Waals surface area contributed by atoms with Crippen LogP contribution in [-0.2, 0) is 11.3 Å². The third kappa shape index (κ3) is 3.39. The van der Waals surface area contributed by atoms with Crippen LogP contribution in [0.15, 0.2) is 12.1 Å². The number of primary amides is 1. The summed E-state index contributed by atoms with van der Waals surface area (Å²) >= 11 is 0. The first kappa shape index (κ1) is 15.4. The van der Waals surface area contributed by atoms with E-state index in [1.807, 2.05) is 4.90 Å². The molecule has 1 aliphatic rings. The topological polar surface area (TPSA) is 83.6 Å². The highest BCUT2D eigenvalue weighted by atomic mass is 19.1. The minimum Gasteiger partial charge on any atom is -0.507 e. The van der Waals surface area contributed by atoms with Gasteiger partial charge in [-0.3, -0.25) is 14.5 Å². The number of carbonyl (C=O) groups excluding carboxylic acids is 2. The fraction of sp³-hybridized carbons (Fsp3) is 0.467. The molecule has 1 aromatic rings. The molecule has 1 atom stereocenters. The van der Waals surface area contributed by atoms with Crippen LogP contribution in [0.3, 0.4) is 0 Å². The molecule has 0 aromatic heterocycles. The van der Waals surface area contributed by atoms with Crippen molar-refractivity contribution >= 4 is 11.7 Å². The van der Waals surface area contributed by atoms with Crippen LogP contribution in [0, 0.1) is 5.82 Å². The SMILES string of the molecule is CC(=O)c1cc(F)cc(CN2CCCCC2C(N)=O)c1O. The van der Waals surface area contributed by atoms with Crippen LogP contribution in [-0.4, -0.2) is 34.3 Å². The molecule has 0 bridgehead atoms. The van der Waals surface area contributed by atoms with E-state index >= 15 is 0 Å². The van der Waals surface area contributed by atoms with Gasteiger partial charge in [-0.15, -0.1) is 0 Å². The number of phenols is 1. The molecule has 21 heavy (non-hydrogen) atoms. The van der Waals surface area contributed by atoms with Gasteiger partial charge in [0.1, 0.15) is 11.6 Å². The summed E-state index contributed by atoms with van der Waals surface area (Å²) in [4.78, 5) is 24.7. The van der Waals surface area contributed by atoms with E-state index in [-0.39, 0.29) is 17.9 Å². The number of likely N-dealkylation sites (tertiary alicyclic amines) is 1. The highest BCUT2D eigenvalue weighted by molar-refractivity contribution is 5.97. The lowest BCUT2D eigenvalue weighted by Gasteiger charge is -2.33. The molecule has 1 unspecified atom stereocenters. The molecular formula is C15H19FN2O3. The van der Waals surface area contributed by atoms with Crippen molar-refractivity contribution in [2.75, 3.05) is 6.54 Å². The lowest BCUT2D eigenvalue weighted by Crippen LogP contribution is -2.47. The Hall–Kier alpha value is -1.95. The second kappa shape index (κ2) is 6.22. The van der Waals surface area contributed by atoms with Gasteiger partial charge in [-0.25, -0.2) is 4.39 Å². The number of nitrogens with zero attached hydrogens (tertiary/aromatic N) is 1. The fourth-order valence-electron chi connectivity index (χ4n) is 2.77. The molecule has 1 saturated heterocycles. The summed E-state index contributed by atoms with van der Waals surface area (Å²) in [5.74, 6) is -1.63. The van der Waals surface area contributed by atoms with Gasteiger partial charge in [-0.2, -0.15) is 0 Å². The Morgan fingerprint density at radius 1 is 1.43 bits per heavy atom. The van der Waals surface area contributed by atoms with E-state index in [1.54, 1.807) is 0 Å². The molecule has 1 fully saturated rings. The highest BCUT2D eigenvalue weighted by Crippen LogP contribution is 2.28. The Balaban J connectivity index is 2.30. The van der Waals surface area contributed by atoms with Crippen molar-refractivity contribution < 1.29 is 19.1 Å². The molecule has 1 aliphatic heterocycles. The predicted molar refractivity (Wildman–Crippen MR) is 75.3 cm³/mol. The van der Waals surface area contributed by atoms with E-state index < -0.39 is 23.5 Å². The molecule has 5 nitrogen and oxygen atoms in total. The maximum atomic E-state index is 13.6. The Bertz CT molecular complexity index is 574. The number of carbonyl (C=O) groups is 2. The Labute approximate surface area is 122 Å². The molecular weight excluding hydrogens is 275 g/mol. The van der Waals surface area contributed by atoms with Crippen molar-refractivity contribution in [1.29, 1.82) is 0 Å². The molecule has 1 aromatic carbocycles. The Kier molecular flexibility index (Phi) is 4.57. The van der Waals surface area contributed by atoms with Crippen LogP contribution < -0.4 is 5.73 Å². The largest absolute Gasteiger partial charge is 0.507 e. The number of Topliss-reactive ketones (excluding diaryl/α,β-unsaturated/α-hetero) is 1. The molecule has 1 heterocycles. The van der Waals surface area contributed by atoms with Gasteiger partial charge in [0.25, 0.3) is 0 Å². The molecule has 0 saturated carbocycles. The lowest BCUT2D eigenvalue weighted by atomic mass is 9.99. The van der Waals surface area contributed by atoms with E-state index in [2.05, 4.69) is 0 Å². The third-order valence-corrected chi connectivity index (χ3v) is 3.85. The summed E-state index contributed by atoms with van der Waals surface area (Å²) in [6, 6.07) is 1.79. The van der Waals surface area contributed by atoms with Crippen LogP contribution >= 0.6 is 0 Å². The third-order valence-electron chi connectivity index (χ3n) is 3.85. The van der Waals surface area contributed by atoms with Gasteiger partial charge < -0.3 is 10.8 Å². The number of piperidine rings is 1. The van der Waals surface area contributed by atoms with Gasteiger partial charge in [0.2, 0.25) is 5.91 Å². The Morgan fingerprint density at radius 2 is 2.14 bits per heavy atom. The number of hydrogen-bond acceptors (Lipinski definition) is 4. The molecule has 1 amide bonds. The first-order chi connectivity index (χ1) is 9.90. The van der Waals surface area contributed by atoms with Crippen molar-refractivity contribution in [2.45, 2.75) is 38.8 Å². The number of ketones is 1. The summed E-state index contributed by atoms with van der Waals surface area (Å²) in [7, 11) is 0. The van der Waals surface area contributed by atoms with Crippen LogP contribution in [0.4, 0.5) is 4.39 Å². The van der Waals surface area contributed by atoms with Crippen LogP contribution in [0.1, 0.15) is 42.1 Å². The zero-order valence-corrected chi connectivity index (χ0v) is 11.9. The van der Waals surface area contributed by atoms with Crippen molar-refractivity contribution in [1.82, 2.24) is 4.90 Å². The summed E-state index contributed by atoms with van der Waals surface area (Å²) < 4.78 is 13.6. The van der Waals surface area contributed by atoms with Gasteiger partial charge in [0.15, 0.2) is 5.78 Å². The molecule has 3 N–H and O–H groups in total. The van der Waals surface area contributed by atoms with Crippen molar-refractivity contribution in [3.63, 3.8) is 0 Å². The molecule has 6 heteroatoms. The second-order valence-corrected chi connectivity index (χ2v) is 5.40. The zero-order valence-electron chi connectivity index (χ0n) is 11.9. The van der Waals surface area contributed by atoms with Crippen LogP contribution in [0.5, 0.6) is 5.75 Å². The van der Waals surface area contributed by atoms with E-state index in [0.29, 0.717) is 18.5 Å². The second-order valence-electron chi connectivity index (χ2n) is 5.40. The summed E-state index contributed by atoms with van der Waals surface area (Å²) in [6.07, 6.45) is 2.49. The standard InChI is InChI=1S/C15H19FN2O3/c1-9(19)12-7-11(16)6-10(14(12)20)8-18-5-3-2-4-13(18)15(17)21/h6-7,13,20H,2-5,8H2,1H3,(H2,17,21). The van der Waals surface area contributed by atoms with Crippen molar-refractivity contribution in [3.8, 4) is 5.75 Å². The first-order valence-corrected chi connectivity index (χ1v) is 6.96. The molecule has 0 radical (unpaired) electrons. The minimum absolute atomic E-state index is 0.0439. The smallest absolute Gasteiger partial charge is 0.234 e. The number of aromatic hydroxyl groups is 1. The number of hydrogen-bond donors (Lipinski definition) is 2. The normalized spacial score (nSPS) is 19.4. The average Bonchev–Trinajstić information content (AvgIpc) is 2.42. The van der Waals surface area contributed by atoms with E-state index in [0.717, 1.165) is 18.9 Å². The summed E-state index contributed by atoms with van der Waals surface area (Å²) in [5, 5.41) is 10.1. The number of benzene rings is 1. The minimum atomic E-state index is -0.583. The van der Waals surface area contributed by atoms with Gasteiger partial charge >= 0.3 is 0 Å². The van der Waals surface area contributed by atoms with Crippen molar-refractivity contribution in [2.24, 2.45) is 5.73 Å². The molecule has 2 rings (SSSR count). The molecule has 0 spiro atoms. The van der Waals surface area contributed by atoms with Gasteiger partial charge in [-0.1, -0.05) is 6.42 Å². The van der Waals surface area contributed by atoms with E-state index in [4.69, 9.17) is 5.73 Å². The summed E-state index contributed by atoms with van der Waals surface area (Å²) in [5.41, 5.74) is 5.64. The predicted octanol–water partition coefficient (Wildman–Crippen LogP) is 1.57. The number of phenolic OH excluding ortho intramolecular Hbond substituents is 1. The molecule has 114 valence electrons. The maximum Gasteiger partial charge on any atom is 0.234 e. The average molecular weight is 294 g/mol. The maximum absolute atomic E-state index is 13.6. The van der Waals surface area contributed by atoms with Crippen molar-refractivity contribution in [3.05, 3.63) is 29.1 Å². The zero-order chi connectivity index (χ0) is 15.6. The van der Waals surface area contributed by atoms with Crippen LogP contribution in [0.25, 0.3) is 0 Å². The Morgan fingerprint density at radius 3 is 2.76 bits per heavy atom. The lowest BCUT2D eigenvalue weighted by molar-refractivity contribution is -0.124. The monoisotopic (exact) mass is 294 g/mol. The number of halogens is 1. The number of amides is 1. The number of rotatable bonds is 4. The van der Waals surface area contributed by atoms with E-state index in [9.17, 15) is 19.1 Å². The highest BCUT2D eigenvalue weighted by Gasteiger charge is 2.28. The first-order valence-electron chi connectivity index (χ1n) is 6.96. The van der Waals surface area contributed by atoms with Gasteiger partial charge in [0.05, 0.1) is 11.6 Å². The van der Waals surface area contributed by atoms with Gasteiger partial charge in [-0.05, 0) is 38.4 Å². The van der Waals surface area contributed by atoms with E-state index in [1.165, 1.54) is 13.0 Å². The van der Waals surface area contributed by atoms with Crippen LogP contribution in [0.2, 0.25) is 0 Å². The summed E-state index contributed by atoms with van der Waals surface area (Å²) in [6.45, 7) is 2.11. The van der Waals surface area contributed by atoms with Gasteiger partial charge in [0, 0.05) is 12.1 Å².